The standard InChI is InChI=1S/C19H15ClN2O2/c1-11-8-12-4-2-3-5-17(12)22(11)19(24)18(23)15-10-21-16-9-13(20)6-7-14(15)16/h2-7,9-11,21H,8H2,1H3. The van der Waals surface area contributed by atoms with E-state index in [2.05, 4.69) is 4.98 Å². The van der Waals surface area contributed by atoms with Gasteiger partial charge >= 0.3 is 0 Å². The van der Waals surface area contributed by atoms with Gasteiger partial charge in [-0.2, -0.15) is 0 Å². The number of carbonyl (C=O) groups excluding carboxylic acids is 2. The highest BCUT2D eigenvalue weighted by molar-refractivity contribution is 6.49. The molecule has 1 amide bonds. The van der Waals surface area contributed by atoms with Crippen LogP contribution >= 0.6 is 11.6 Å². The third-order valence-corrected chi connectivity index (χ3v) is 4.74. The highest BCUT2D eigenvalue weighted by atomic mass is 35.5. The number of aromatic amines is 1. The van der Waals surface area contributed by atoms with Crippen molar-refractivity contribution < 1.29 is 9.59 Å². The third kappa shape index (κ3) is 2.22. The molecule has 1 atom stereocenters. The molecule has 0 saturated heterocycles. The van der Waals surface area contributed by atoms with Crippen molar-refractivity contribution in [1.29, 1.82) is 0 Å². The van der Waals surface area contributed by atoms with Crippen LogP contribution in [-0.4, -0.2) is 22.7 Å². The molecule has 0 fully saturated rings. The number of nitrogens with zero attached hydrogens (tertiary/aromatic N) is 1. The number of amides is 1. The van der Waals surface area contributed by atoms with Gasteiger partial charge in [0.25, 0.3) is 11.7 Å². The Hall–Kier alpha value is -2.59. The molecule has 5 heteroatoms. The van der Waals surface area contributed by atoms with Crippen molar-refractivity contribution >= 4 is 39.9 Å². The van der Waals surface area contributed by atoms with Crippen LogP contribution in [0.1, 0.15) is 22.8 Å². The van der Waals surface area contributed by atoms with Crippen molar-refractivity contribution in [2.75, 3.05) is 4.90 Å². The van der Waals surface area contributed by atoms with Crippen LogP contribution in [0.2, 0.25) is 5.02 Å². The Morgan fingerprint density at radius 3 is 2.83 bits per heavy atom. The molecule has 4 nitrogen and oxygen atoms in total. The van der Waals surface area contributed by atoms with Gasteiger partial charge in [-0.1, -0.05) is 35.9 Å². The summed E-state index contributed by atoms with van der Waals surface area (Å²) in [4.78, 5) is 30.3. The predicted octanol–water partition coefficient (Wildman–Crippen LogP) is 3.98. The SMILES string of the molecule is CC1Cc2ccccc2N1C(=O)C(=O)c1c[nH]c2cc(Cl)ccc12. The van der Waals surface area contributed by atoms with Crippen molar-refractivity contribution in [2.24, 2.45) is 0 Å². The number of Topliss-reactive ketones (excluding diaryl/α,β-unsaturated/α-hetero) is 1. The van der Waals surface area contributed by atoms with Gasteiger partial charge in [0, 0.05) is 33.9 Å². The normalized spacial score (nSPS) is 16.4. The maximum Gasteiger partial charge on any atom is 0.299 e. The van der Waals surface area contributed by atoms with Crippen LogP contribution in [0.15, 0.2) is 48.7 Å². The van der Waals surface area contributed by atoms with Gasteiger partial charge in [0.2, 0.25) is 0 Å². The van der Waals surface area contributed by atoms with Crippen LogP contribution in [0.5, 0.6) is 0 Å². The fourth-order valence-electron chi connectivity index (χ4n) is 3.39. The summed E-state index contributed by atoms with van der Waals surface area (Å²) >= 11 is 5.97. The molecule has 2 heterocycles. The zero-order valence-corrected chi connectivity index (χ0v) is 13.8. The quantitative estimate of drug-likeness (QED) is 0.567. The van der Waals surface area contributed by atoms with E-state index in [4.69, 9.17) is 11.6 Å². The Kier molecular flexibility index (Phi) is 3.43. The molecule has 120 valence electrons. The van der Waals surface area contributed by atoms with Crippen LogP contribution in [0.4, 0.5) is 5.69 Å². The summed E-state index contributed by atoms with van der Waals surface area (Å²) in [6.45, 7) is 1.96. The van der Waals surface area contributed by atoms with Crippen LogP contribution < -0.4 is 4.90 Å². The van der Waals surface area contributed by atoms with Gasteiger partial charge in [0.05, 0.1) is 5.56 Å². The van der Waals surface area contributed by atoms with E-state index in [1.165, 1.54) is 0 Å². The molecule has 0 bridgehead atoms. The van der Waals surface area contributed by atoms with Gasteiger partial charge in [-0.05, 0) is 37.1 Å². The van der Waals surface area contributed by atoms with Crippen molar-refractivity contribution in [1.82, 2.24) is 4.98 Å². The topological polar surface area (TPSA) is 53.2 Å². The molecule has 1 aromatic heterocycles. The second-order valence-electron chi connectivity index (χ2n) is 6.08. The molecule has 1 aliphatic rings. The second-order valence-corrected chi connectivity index (χ2v) is 6.51. The fraction of sp³-hybridized carbons (Fsp3) is 0.158. The van der Waals surface area contributed by atoms with E-state index < -0.39 is 11.7 Å². The molecular weight excluding hydrogens is 324 g/mol. The van der Waals surface area contributed by atoms with Gasteiger partial charge < -0.3 is 9.88 Å². The molecule has 1 N–H and O–H groups in total. The molecule has 24 heavy (non-hydrogen) atoms. The lowest BCUT2D eigenvalue weighted by molar-refractivity contribution is -0.114. The highest BCUT2D eigenvalue weighted by Crippen LogP contribution is 2.33. The molecule has 0 saturated carbocycles. The number of anilines is 1. The first-order valence-electron chi connectivity index (χ1n) is 7.78. The van der Waals surface area contributed by atoms with Crippen molar-refractivity contribution in [3.63, 3.8) is 0 Å². The smallest absolute Gasteiger partial charge is 0.299 e. The van der Waals surface area contributed by atoms with E-state index in [1.807, 2.05) is 31.2 Å². The fourth-order valence-corrected chi connectivity index (χ4v) is 3.56. The zero-order valence-electron chi connectivity index (χ0n) is 13.0. The number of nitrogens with one attached hydrogen (secondary N) is 1. The molecular formula is C19H15ClN2O2. The van der Waals surface area contributed by atoms with E-state index in [0.717, 1.165) is 23.2 Å². The molecule has 0 aliphatic carbocycles. The Morgan fingerprint density at radius 2 is 2.00 bits per heavy atom. The maximum absolute atomic E-state index is 12.9. The number of hydrogen-bond donors (Lipinski definition) is 1. The minimum Gasteiger partial charge on any atom is -0.360 e. The average Bonchev–Trinajstić information content (AvgIpc) is 3.13. The minimum absolute atomic E-state index is 0.0292. The maximum atomic E-state index is 12.9. The first-order chi connectivity index (χ1) is 11.6. The van der Waals surface area contributed by atoms with E-state index in [-0.39, 0.29) is 6.04 Å². The number of benzene rings is 2. The lowest BCUT2D eigenvalue weighted by Gasteiger charge is -2.21. The number of carbonyl (C=O) groups is 2. The summed E-state index contributed by atoms with van der Waals surface area (Å²) in [7, 11) is 0. The molecule has 3 aromatic rings. The Morgan fingerprint density at radius 1 is 1.21 bits per heavy atom. The van der Waals surface area contributed by atoms with Gasteiger partial charge in [-0.3, -0.25) is 9.59 Å². The Bertz CT molecular complexity index is 976. The van der Waals surface area contributed by atoms with Crippen LogP contribution in [-0.2, 0) is 11.2 Å². The second kappa shape index (κ2) is 5.49. The van der Waals surface area contributed by atoms with Gasteiger partial charge in [0.15, 0.2) is 0 Å². The van der Waals surface area contributed by atoms with Crippen molar-refractivity contribution in [3.05, 3.63) is 64.8 Å². The minimum atomic E-state index is -0.507. The number of H-pyrrole nitrogens is 1. The monoisotopic (exact) mass is 338 g/mol. The summed E-state index contributed by atoms with van der Waals surface area (Å²) in [5.41, 5.74) is 3.04. The molecule has 0 radical (unpaired) electrons. The third-order valence-electron chi connectivity index (χ3n) is 4.51. The Balaban J connectivity index is 1.73. The van der Waals surface area contributed by atoms with Crippen molar-refractivity contribution in [2.45, 2.75) is 19.4 Å². The summed E-state index contributed by atoms with van der Waals surface area (Å²) in [6.07, 6.45) is 2.34. The zero-order chi connectivity index (χ0) is 16.8. The van der Waals surface area contributed by atoms with E-state index in [0.29, 0.717) is 16.0 Å². The highest BCUT2D eigenvalue weighted by Gasteiger charge is 2.35. The van der Waals surface area contributed by atoms with Crippen LogP contribution in [0.25, 0.3) is 10.9 Å². The van der Waals surface area contributed by atoms with Gasteiger partial charge in [-0.15, -0.1) is 0 Å². The number of hydrogen-bond acceptors (Lipinski definition) is 2. The van der Waals surface area contributed by atoms with Crippen LogP contribution in [0, 0.1) is 0 Å². The van der Waals surface area contributed by atoms with Gasteiger partial charge in [0.1, 0.15) is 0 Å². The summed E-state index contributed by atoms with van der Waals surface area (Å²) in [5, 5.41) is 1.29. The molecule has 0 spiro atoms. The number of ketones is 1. The number of aromatic nitrogens is 1. The molecule has 4 rings (SSSR count). The molecule has 2 aromatic carbocycles. The number of halogens is 1. The molecule has 1 unspecified atom stereocenters. The van der Waals surface area contributed by atoms with E-state index in [1.54, 1.807) is 29.3 Å². The molecule has 1 aliphatic heterocycles. The van der Waals surface area contributed by atoms with Crippen LogP contribution in [0.3, 0.4) is 0 Å². The Labute approximate surface area is 144 Å². The largest absolute Gasteiger partial charge is 0.360 e. The average molecular weight is 339 g/mol. The predicted molar refractivity (Wildman–Crippen MR) is 94.7 cm³/mol. The summed E-state index contributed by atoms with van der Waals surface area (Å²) < 4.78 is 0. The van der Waals surface area contributed by atoms with E-state index in [9.17, 15) is 9.59 Å². The lowest BCUT2D eigenvalue weighted by Crippen LogP contribution is -2.40. The van der Waals surface area contributed by atoms with Crippen molar-refractivity contribution in [3.8, 4) is 0 Å². The summed E-state index contributed by atoms with van der Waals surface area (Å²) in [6, 6.07) is 12.9. The number of para-hydroxylation sites is 1. The van der Waals surface area contributed by atoms with Gasteiger partial charge in [-0.25, -0.2) is 0 Å². The van der Waals surface area contributed by atoms with E-state index >= 15 is 0 Å². The first kappa shape index (κ1) is 15.0. The number of fused-ring (bicyclic) bond motifs is 2. The summed E-state index contributed by atoms with van der Waals surface area (Å²) in [5.74, 6) is -1.00. The number of rotatable bonds is 2. The first-order valence-corrected chi connectivity index (χ1v) is 8.16. The lowest BCUT2D eigenvalue weighted by atomic mass is 10.1.